The molecule has 0 spiro atoms. The van der Waals surface area contributed by atoms with Gasteiger partial charge in [0, 0.05) is 35.3 Å². The lowest BCUT2D eigenvalue weighted by atomic mass is 9.98. The van der Waals surface area contributed by atoms with E-state index in [1.165, 1.54) is 6.07 Å². The number of nitrogens with zero attached hydrogens (tertiary/aromatic N) is 4. The highest BCUT2D eigenvalue weighted by atomic mass is 32.2. The number of carbonyl (C=O) groups is 1. The van der Waals surface area contributed by atoms with E-state index >= 15 is 0 Å². The van der Waals surface area contributed by atoms with E-state index < -0.39 is 21.7 Å². The number of hydrogen-bond acceptors (Lipinski definition) is 7. The van der Waals surface area contributed by atoms with Crippen LogP contribution in [-0.2, 0) is 20.8 Å². The lowest BCUT2D eigenvalue weighted by Gasteiger charge is -2.43. The third-order valence-corrected chi connectivity index (χ3v) is 8.74. The Kier molecular flexibility index (Phi) is 6.19. The summed E-state index contributed by atoms with van der Waals surface area (Å²) >= 11 is 1.56. The predicted octanol–water partition coefficient (Wildman–Crippen LogP) is 3.08. The molecule has 2 aliphatic heterocycles. The molecule has 0 radical (unpaired) electrons. The topological polar surface area (TPSA) is 83.5 Å². The summed E-state index contributed by atoms with van der Waals surface area (Å²) in [6.45, 7) is 3.11. The zero-order valence-corrected chi connectivity index (χ0v) is 19.0. The van der Waals surface area contributed by atoms with Crippen molar-refractivity contribution in [2.24, 2.45) is 5.92 Å². The Hall–Kier alpha value is -2.21. The second kappa shape index (κ2) is 8.62. The first-order chi connectivity index (χ1) is 15.0. The van der Waals surface area contributed by atoms with E-state index in [0.29, 0.717) is 38.3 Å². The molecule has 174 valence electrons. The van der Waals surface area contributed by atoms with Crippen molar-refractivity contribution in [2.45, 2.75) is 32.0 Å². The monoisotopic (exact) mass is 488 g/mol. The maximum absolute atomic E-state index is 13.3. The Morgan fingerprint density at radius 3 is 2.38 bits per heavy atom. The minimum atomic E-state index is -4.55. The minimum Gasteiger partial charge on any atom is -0.351 e. The van der Waals surface area contributed by atoms with Gasteiger partial charge in [0.25, 0.3) is 0 Å². The number of piperazine rings is 1. The number of halogens is 3. The lowest BCUT2D eigenvalue weighted by Crippen LogP contribution is -2.53. The van der Waals surface area contributed by atoms with Crippen LogP contribution in [0.25, 0.3) is 0 Å². The van der Waals surface area contributed by atoms with Gasteiger partial charge in [0.15, 0.2) is 11.5 Å². The van der Waals surface area contributed by atoms with Crippen molar-refractivity contribution in [3.05, 3.63) is 39.7 Å². The van der Waals surface area contributed by atoms with Gasteiger partial charge >= 0.3 is 6.18 Å². The maximum Gasteiger partial charge on any atom is 0.435 e. The van der Waals surface area contributed by atoms with Crippen LogP contribution < -0.4 is 4.90 Å². The molecule has 2 aliphatic rings. The molecule has 7 nitrogen and oxygen atoms in total. The molecular formula is C20H23F3N4O3S2. The summed E-state index contributed by atoms with van der Waals surface area (Å²) in [5.41, 5.74) is -1.05. The highest BCUT2D eigenvalue weighted by Crippen LogP contribution is 2.35. The van der Waals surface area contributed by atoms with Gasteiger partial charge in [0.1, 0.15) is 9.84 Å². The summed E-state index contributed by atoms with van der Waals surface area (Å²) in [7, 11) is -3.07. The van der Waals surface area contributed by atoms with E-state index in [2.05, 4.69) is 10.2 Å². The normalized spacial score (nSPS) is 22.2. The number of carbonyl (C=O) groups excluding carboxylic acids is 1. The average molecular weight is 489 g/mol. The maximum atomic E-state index is 13.3. The molecule has 4 rings (SSSR count). The fourth-order valence-corrected chi connectivity index (χ4v) is 6.62. The molecule has 4 heterocycles. The Morgan fingerprint density at radius 2 is 1.81 bits per heavy atom. The standard InChI is InChI=1S/C20H23F3N4O3S2/c1-13-2-3-16(31-13)15-12-26(18-5-4-17(24-25-18)20(21,22)23)8-9-27(15)19(28)14-6-10-32(29,30)11-7-14/h2-5,14-15H,6-12H2,1H3. The van der Waals surface area contributed by atoms with E-state index in [0.717, 1.165) is 15.8 Å². The van der Waals surface area contributed by atoms with E-state index in [1.807, 2.05) is 24.0 Å². The third kappa shape index (κ3) is 4.90. The van der Waals surface area contributed by atoms with Crippen molar-refractivity contribution >= 4 is 32.9 Å². The molecule has 2 aromatic heterocycles. The van der Waals surface area contributed by atoms with Crippen molar-refractivity contribution in [3.8, 4) is 0 Å². The quantitative estimate of drug-likeness (QED) is 0.660. The largest absolute Gasteiger partial charge is 0.435 e. The molecule has 1 amide bonds. The molecule has 0 N–H and O–H groups in total. The lowest BCUT2D eigenvalue weighted by molar-refractivity contribution is -0.142. The van der Waals surface area contributed by atoms with Crippen molar-refractivity contribution in [1.82, 2.24) is 15.1 Å². The molecular weight excluding hydrogens is 465 g/mol. The Labute approximate surface area is 188 Å². The van der Waals surface area contributed by atoms with Crippen LogP contribution in [0.2, 0.25) is 0 Å². The van der Waals surface area contributed by atoms with Gasteiger partial charge in [0.2, 0.25) is 5.91 Å². The zero-order chi connectivity index (χ0) is 23.1. The van der Waals surface area contributed by atoms with Crippen LogP contribution in [-0.4, -0.2) is 60.6 Å². The van der Waals surface area contributed by atoms with Gasteiger partial charge in [-0.1, -0.05) is 0 Å². The molecule has 2 saturated heterocycles. The van der Waals surface area contributed by atoms with Crippen molar-refractivity contribution in [3.63, 3.8) is 0 Å². The number of amides is 1. The molecule has 32 heavy (non-hydrogen) atoms. The van der Waals surface area contributed by atoms with Crippen molar-refractivity contribution in [2.75, 3.05) is 36.0 Å². The number of sulfone groups is 1. The van der Waals surface area contributed by atoms with Gasteiger partial charge in [0.05, 0.1) is 17.5 Å². The van der Waals surface area contributed by atoms with Gasteiger partial charge in [-0.05, 0) is 44.0 Å². The highest BCUT2D eigenvalue weighted by molar-refractivity contribution is 7.91. The van der Waals surface area contributed by atoms with Crippen LogP contribution in [0.1, 0.15) is 34.3 Å². The van der Waals surface area contributed by atoms with Gasteiger partial charge in [-0.15, -0.1) is 21.5 Å². The third-order valence-electron chi connectivity index (χ3n) is 5.92. The summed E-state index contributed by atoms with van der Waals surface area (Å²) < 4.78 is 62.0. The molecule has 0 aliphatic carbocycles. The molecule has 2 aromatic rings. The number of aryl methyl sites for hydroxylation is 1. The van der Waals surface area contributed by atoms with Crippen LogP contribution >= 0.6 is 11.3 Å². The van der Waals surface area contributed by atoms with Gasteiger partial charge in [-0.3, -0.25) is 4.79 Å². The van der Waals surface area contributed by atoms with Gasteiger partial charge in [-0.25, -0.2) is 8.42 Å². The SMILES string of the molecule is Cc1ccc(C2CN(c3ccc(C(F)(F)F)nn3)CCN2C(=O)C2CCS(=O)(=O)CC2)s1. The smallest absolute Gasteiger partial charge is 0.351 e. The van der Waals surface area contributed by atoms with Crippen LogP contribution in [0.15, 0.2) is 24.3 Å². The number of alkyl halides is 3. The minimum absolute atomic E-state index is 0.0211. The number of thiophene rings is 1. The summed E-state index contributed by atoms with van der Waals surface area (Å²) in [6.07, 6.45) is -3.91. The van der Waals surface area contributed by atoms with E-state index in [-0.39, 0.29) is 29.4 Å². The first kappa shape index (κ1) is 23.0. The average Bonchev–Trinajstić information content (AvgIpc) is 3.18. The molecule has 2 fully saturated rings. The second-order valence-corrected chi connectivity index (χ2v) is 11.8. The summed E-state index contributed by atoms with van der Waals surface area (Å²) in [4.78, 5) is 19.0. The van der Waals surface area contributed by atoms with Crippen LogP contribution in [0.4, 0.5) is 19.0 Å². The van der Waals surface area contributed by atoms with E-state index in [1.54, 1.807) is 16.2 Å². The van der Waals surface area contributed by atoms with Crippen LogP contribution in [0.3, 0.4) is 0 Å². The summed E-state index contributed by atoms with van der Waals surface area (Å²) in [6, 6.07) is 5.84. The Bertz CT molecular complexity index is 1070. The summed E-state index contributed by atoms with van der Waals surface area (Å²) in [5, 5.41) is 7.08. The fraction of sp³-hybridized carbons (Fsp3) is 0.550. The van der Waals surface area contributed by atoms with Gasteiger partial charge in [-0.2, -0.15) is 13.2 Å². The fourth-order valence-electron chi connectivity index (χ4n) is 4.15. The number of aromatic nitrogens is 2. The molecule has 0 bridgehead atoms. The molecule has 0 saturated carbocycles. The van der Waals surface area contributed by atoms with Gasteiger partial charge < -0.3 is 9.80 Å². The Balaban J connectivity index is 1.55. The predicted molar refractivity (Wildman–Crippen MR) is 114 cm³/mol. The van der Waals surface area contributed by atoms with Crippen molar-refractivity contribution in [1.29, 1.82) is 0 Å². The molecule has 1 atom stereocenters. The summed E-state index contributed by atoms with van der Waals surface area (Å²) in [5.74, 6) is -0.0265. The first-order valence-corrected chi connectivity index (χ1v) is 12.9. The number of rotatable bonds is 3. The van der Waals surface area contributed by atoms with E-state index in [4.69, 9.17) is 0 Å². The first-order valence-electron chi connectivity index (χ1n) is 10.3. The molecule has 0 aromatic carbocycles. The number of anilines is 1. The molecule has 12 heteroatoms. The highest BCUT2D eigenvalue weighted by Gasteiger charge is 2.38. The van der Waals surface area contributed by atoms with Crippen LogP contribution in [0.5, 0.6) is 0 Å². The zero-order valence-electron chi connectivity index (χ0n) is 17.4. The van der Waals surface area contributed by atoms with E-state index in [9.17, 15) is 26.4 Å². The Morgan fingerprint density at radius 1 is 1.09 bits per heavy atom. The second-order valence-electron chi connectivity index (χ2n) is 8.14. The molecule has 1 unspecified atom stereocenters. The van der Waals surface area contributed by atoms with Crippen molar-refractivity contribution < 1.29 is 26.4 Å². The number of hydrogen-bond donors (Lipinski definition) is 0. The van der Waals surface area contributed by atoms with Crippen LogP contribution in [0, 0.1) is 12.8 Å².